The van der Waals surface area contributed by atoms with Crippen LogP contribution >= 0.6 is 11.8 Å². The van der Waals surface area contributed by atoms with Crippen molar-refractivity contribution in [2.45, 2.75) is 45.2 Å². The van der Waals surface area contributed by atoms with Crippen molar-refractivity contribution >= 4 is 35.1 Å². The fourth-order valence-electron chi connectivity index (χ4n) is 5.35. The molecule has 3 N–H and O–H groups in total. The van der Waals surface area contributed by atoms with Crippen LogP contribution in [0.15, 0.2) is 47.3 Å². The van der Waals surface area contributed by atoms with Gasteiger partial charge in [-0.15, -0.1) is 0 Å². The lowest BCUT2D eigenvalue weighted by Crippen LogP contribution is -2.36. The Morgan fingerprint density at radius 1 is 1.07 bits per heavy atom. The predicted molar refractivity (Wildman–Crippen MR) is 171 cm³/mol. The monoisotopic (exact) mass is 606 g/mol. The fraction of sp³-hybridized carbons (Fsp3) is 0.375. The van der Waals surface area contributed by atoms with Crippen molar-refractivity contribution in [3.05, 3.63) is 69.5 Å². The minimum atomic E-state index is -0.693. The van der Waals surface area contributed by atoms with Crippen molar-refractivity contribution in [1.29, 1.82) is 0 Å². The van der Waals surface area contributed by atoms with E-state index in [0.29, 0.717) is 59.2 Å². The van der Waals surface area contributed by atoms with Crippen molar-refractivity contribution in [3.8, 4) is 28.4 Å². The topological polar surface area (TPSA) is 128 Å². The molecule has 0 saturated carbocycles. The van der Waals surface area contributed by atoms with Gasteiger partial charge in [0.2, 0.25) is 23.0 Å². The quantitative estimate of drug-likeness (QED) is 0.284. The van der Waals surface area contributed by atoms with Gasteiger partial charge in [0, 0.05) is 18.2 Å². The van der Waals surface area contributed by atoms with Gasteiger partial charge in [-0.3, -0.25) is 14.4 Å². The van der Waals surface area contributed by atoms with Crippen LogP contribution in [0.1, 0.15) is 42.6 Å². The van der Waals surface area contributed by atoms with E-state index in [0.717, 1.165) is 16.8 Å². The van der Waals surface area contributed by atoms with Crippen molar-refractivity contribution in [2.75, 3.05) is 44.0 Å². The molecule has 0 saturated heterocycles. The molecule has 0 fully saturated rings. The number of methoxy groups -OCH3 is 3. The number of fused-ring (bicyclic) bond motifs is 3. The molecule has 1 aliphatic carbocycles. The lowest BCUT2D eigenvalue weighted by molar-refractivity contribution is -0.120. The summed E-state index contributed by atoms with van der Waals surface area (Å²) >= 11 is 1.61. The summed E-state index contributed by atoms with van der Waals surface area (Å²) in [5.74, 6) is 2.07. The number of thioether (sulfide) groups is 1. The van der Waals surface area contributed by atoms with Crippen LogP contribution in [0.3, 0.4) is 0 Å². The van der Waals surface area contributed by atoms with E-state index in [1.54, 1.807) is 45.2 Å². The second-order valence-electron chi connectivity index (χ2n) is 10.2. The summed E-state index contributed by atoms with van der Waals surface area (Å²) in [6, 6.07) is 11.2. The average molecular weight is 607 g/mol. The first-order valence-corrected chi connectivity index (χ1v) is 15.4. The third-order valence-corrected chi connectivity index (χ3v) is 7.96. The minimum absolute atomic E-state index is 0.208. The number of aromatic nitrogens is 1. The summed E-state index contributed by atoms with van der Waals surface area (Å²) in [5, 5.41) is 9.08. The van der Waals surface area contributed by atoms with Crippen molar-refractivity contribution in [1.82, 2.24) is 10.3 Å². The van der Waals surface area contributed by atoms with Gasteiger partial charge >= 0.3 is 0 Å². The van der Waals surface area contributed by atoms with Crippen molar-refractivity contribution in [3.63, 3.8) is 0 Å². The molecular formula is C32H38N4O6S. The number of carbonyl (C=O) groups excluding carboxylic acids is 2. The van der Waals surface area contributed by atoms with Crippen LogP contribution in [0.4, 0.5) is 11.5 Å². The summed E-state index contributed by atoms with van der Waals surface area (Å²) in [4.78, 5) is 43.7. The Balaban J connectivity index is 1.84. The van der Waals surface area contributed by atoms with Gasteiger partial charge in [0.25, 0.3) is 0 Å². The molecule has 1 aromatic heterocycles. The number of nitrogens with zero attached hydrogens (tertiary/aromatic N) is 1. The third-order valence-electron chi connectivity index (χ3n) is 7.31. The Morgan fingerprint density at radius 2 is 1.84 bits per heavy atom. The Labute approximate surface area is 255 Å². The number of hydrogen-bond acceptors (Lipinski definition) is 9. The molecule has 0 spiro atoms. The Kier molecular flexibility index (Phi) is 10.5. The van der Waals surface area contributed by atoms with Crippen LogP contribution in [0, 0.1) is 6.92 Å². The average Bonchev–Trinajstić information content (AvgIpc) is 3.22. The van der Waals surface area contributed by atoms with Crippen LogP contribution in [0.25, 0.3) is 11.1 Å². The molecule has 1 aliphatic rings. The molecule has 2 atom stereocenters. The molecule has 0 unspecified atom stereocenters. The van der Waals surface area contributed by atoms with Crippen LogP contribution < -0.4 is 35.6 Å². The molecule has 43 heavy (non-hydrogen) atoms. The van der Waals surface area contributed by atoms with Crippen LogP contribution in [-0.2, 0) is 16.0 Å². The number of hydrogen-bond donors (Lipinski definition) is 3. The highest BCUT2D eigenvalue weighted by molar-refractivity contribution is 7.98. The molecule has 3 aromatic rings. The first-order chi connectivity index (χ1) is 20.7. The number of benzene rings is 1. The van der Waals surface area contributed by atoms with Crippen molar-refractivity contribution < 1.29 is 23.8 Å². The largest absolute Gasteiger partial charge is 0.493 e. The lowest BCUT2D eigenvalue weighted by Gasteiger charge is -2.19. The smallest absolute Gasteiger partial charge is 0.248 e. The van der Waals surface area contributed by atoms with E-state index in [1.165, 1.54) is 13.0 Å². The SMILES string of the molecule is COc1cc2c(c(OC)c1OC)-c1ccc(N[C@H](CCSC)C(=O)Nc3cccc(C)n3)c(=O)cc1[C@H](NC(C)=O)CC2. The van der Waals surface area contributed by atoms with Gasteiger partial charge in [-0.05, 0) is 85.2 Å². The highest BCUT2D eigenvalue weighted by Crippen LogP contribution is 2.50. The van der Waals surface area contributed by atoms with E-state index in [-0.39, 0.29) is 22.9 Å². The zero-order chi connectivity index (χ0) is 31.1. The molecular weight excluding hydrogens is 568 g/mol. The van der Waals surface area contributed by atoms with Gasteiger partial charge in [-0.1, -0.05) is 12.1 Å². The molecule has 2 aromatic carbocycles. The van der Waals surface area contributed by atoms with Gasteiger partial charge in [-0.25, -0.2) is 4.98 Å². The number of nitrogens with one attached hydrogen (secondary N) is 3. The standard InChI is InChI=1S/C32H38N4O6S/c1-18-8-7-9-28(33-18)36-32(39)25(14-15-43-6)35-24-13-11-21-22(17-26(24)38)23(34-19(2)37)12-10-20-16-27(40-3)30(41-4)31(42-5)29(20)21/h7-9,11,13,16-17,23,25H,10,12,14-15H2,1-6H3,(H,34,37)(H,35,38)(H,33,36,39)/t23-,25-/m1/s1. The van der Waals surface area contributed by atoms with Gasteiger partial charge in [0.1, 0.15) is 11.9 Å². The highest BCUT2D eigenvalue weighted by atomic mass is 32.2. The number of aryl methyl sites for hydroxylation is 2. The summed E-state index contributed by atoms with van der Waals surface area (Å²) in [5.41, 5.74) is 3.77. The molecule has 1 heterocycles. The van der Waals surface area contributed by atoms with Crippen LogP contribution in [0.2, 0.25) is 0 Å². The Bertz CT molecular complexity index is 1560. The van der Waals surface area contributed by atoms with E-state index in [9.17, 15) is 14.4 Å². The Hall–Kier alpha value is -4.25. The zero-order valence-electron chi connectivity index (χ0n) is 25.3. The van der Waals surface area contributed by atoms with E-state index in [2.05, 4.69) is 20.9 Å². The number of rotatable bonds is 11. The molecule has 0 bridgehead atoms. The second kappa shape index (κ2) is 14.3. The number of ether oxygens (including phenoxy) is 3. The zero-order valence-corrected chi connectivity index (χ0v) is 26.1. The summed E-state index contributed by atoms with van der Waals surface area (Å²) in [6.45, 7) is 3.31. The molecule has 0 aliphatic heterocycles. The predicted octanol–water partition coefficient (Wildman–Crippen LogP) is 4.74. The van der Waals surface area contributed by atoms with E-state index in [4.69, 9.17) is 14.2 Å². The first kappa shape index (κ1) is 31.7. The summed E-state index contributed by atoms with van der Waals surface area (Å²) in [6.07, 6.45) is 3.59. The van der Waals surface area contributed by atoms with Crippen LogP contribution in [0.5, 0.6) is 17.2 Å². The van der Waals surface area contributed by atoms with E-state index >= 15 is 0 Å². The van der Waals surface area contributed by atoms with E-state index < -0.39 is 12.1 Å². The maximum absolute atomic E-state index is 13.8. The van der Waals surface area contributed by atoms with Crippen LogP contribution in [-0.4, -0.2) is 56.2 Å². The van der Waals surface area contributed by atoms with Gasteiger partial charge < -0.3 is 30.2 Å². The van der Waals surface area contributed by atoms with Gasteiger partial charge in [-0.2, -0.15) is 11.8 Å². The third kappa shape index (κ3) is 7.22. The van der Waals surface area contributed by atoms with Gasteiger partial charge in [0.05, 0.1) is 33.1 Å². The molecule has 228 valence electrons. The molecule has 11 heteroatoms. The summed E-state index contributed by atoms with van der Waals surface area (Å²) < 4.78 is 17.1. The highest BCUT2D eigenvalue weighted by Gasteiger charge is 2.30. The maximum Gasteiger partial charge on any atom is 0.248 e. The molecule has 2 amide bonds. The summed E-state index contributed by atoms with van der Waals surface area (Å²) in [7, 11) is 4.66. The van der Waals surface area contributed by atoms with Crippen molar-refractivity contribution in [2.24, 2.45) is 0 Å². The first-order valence-electron chi connectivity index (χ1n) is 14.0. The molecule has 10 nitrogen and oxygen atoms in total. The normalized spacial score (nSPS) is 14.3. The van der Waals surface area contributed by atoms with Gasteiger partial charge in [0.15, 0.2) is 11.5 Å². The van der Waals surface area contributed by atoms with E-state index in [1.807, 2.05) is 37.4 Å². The number of pyridine rings is 1. The fourth-order valence-corrected chi connectivity index (χ4v) is 5.82. The second-order valence-corrected chi connectivity index (χ2v) is 11.2. The number of amides is 2. The lowest BCUT2D eigenvalue weighted by atomic mass is 9.95. The Morgan fingerprint density at radius 3 is 2.49 bits per heavy atom. The molecule has 0 radical (unpaired) electrons. The maximum atomic E-state index is 13.8. The minimum Gasteiger partial charge on any atom is -0.493 e. The number of anilines is 2. The molecule has 4 rings (SSSR count). The number of carbonyl (C=O) groups is 2.